The summed E-state index contributed by atoms with van der Waals surface area (Å²) >= 11 is 5.81. The van der Waals surface area contributed by atoms with Crippen LogP contribution in [0.3, 0.4) is 0 Å². The summed E-state index contributed by atoms with van der Waals surface area (Å²) in [5, 5.41) is 9.57. The summed E-state index contributed by atoms with van der Waals surface area (Å²) in [5.41, 5.74) is 0.669. The van der Waals surface area contributed by atoms with Gasteiger partial charge in [0.15, 0.2) is 11.5 Å². The molecule has 0 bridgehead atoms. The second-order valence-electron chi connectivity index (χ2n) is 2.75. The zero-order valence-corrected chi connectivity index (χ0v) is 7.67. The van der Waals surface area contributed by atoms with Crippen molar-refractivity contribution in [3.63, 3.8) is 0 Å². The third-order valence-corrected chi connectivity index (χ3v) is 2.07. The summed E-state index contributed by atoms with van der Waals surface area (Å²) in [7, 11) is 0. The average molecular weight is 201 g/mol. The molecule has 0 radical (unpaired) electrons. The smallest absolute Gasteiger partial charge is 0.166 e. The second-order valence-corrected chi connectivity index (χ2v) is 3.18. The molecule has 0 saturated carbocycles. The molecule has 1 aliphatic heterocycles. The largest absolute Gasteiger partial charge is 0.486 e. The lowest BCUT2D eigenvalue weighted by atomic mass is 10.2. The van der Waals surface area contributed by atoms with E-state index in [9.17, 15) is 0 Å². The van der Waals surface area contributed by atoms with Gasteiger partial charge in [-0.2, -0.15) is 0 Å². The summed E-state index contributed by atoms with van der Waals surface area (Å²) in [4.78, 5) is 0. The Bertz CT molecular complexity index is 308. The van der Waals surface area contributed by atoms with Gasteiger partial charge in [-0.1, -0.05) is 11.6 Å². The standard InChI is InChI=1S/C9H9ClO3/c10-7-3-6(5-11)9-8(4-7)12-1-2-13-9/h3-4,11H,1-2,5H2. The zero-order valence-electron chi connectivity index (χ0n) is 6.92. The molecule has 4 heteroatoms. The van der Waals surface area contributed by atoms with Crippen LogP contribution in [0, 0.1) is 0 Å². The van der Waals surface area contributed by atoms with Gasteiger partial charge in [-0.3, -0.25) is 0 Å². The minimum Gasteiger partial charge on any atom is -0.486 e. The molecular formula is C9H9ClO3. The van der Waals surface area contributed by atoms with Crippen LogP contribution in [0.4, 0.5) is 0 Å². The van der Waals surface area contributed by atoms with Gasteiger partial charge in [0, 0.05) is 16.7 Å². The van der Waals surface area contributed by atoms with Crippen LogP contribution >= 0.6 is 11.6 Å². The maximum absolute atomic E-state index is 9.02. The Hall–Kier alpha value is -0.930. The van der Waals surface area contributed by atoms with E-state index >= 15 is 0 Å². The van der Waals surface area contributed by atoms with E-state index in [0.717, 1.165) is 0 Å². The number of fused-ring (bicyclic) bond motifs is 1. The van der Waals surface area contributed by atoms with Crippen LogP contribution in [-0.2, 0) is 6.61 Å². The van der Waals surface area contributed by atoms with Crippen molar-refractivity contribution < 1.29 is 14.6 Å². The number of hydrogen-bond acceptors (Lipinski definition) is 3. The molecule has 1 aliphatic rings. The highest BCUT2D eigenvalue weighted by Gasteiger charge is 2.16. The van der Waals surface area contributed by atoms with Gasteiger partial charge < -0.3 is 14.6 Å². The van der Waals surface area contributed by atoms with Crippen LogP contribution < -0.4 is 9.47 Å². The van der Waals surface area contributed by atoms with Gasteiger partial charge in [-0.05, 0) is 6.07 Å². The second kappa shape index (κ2) is 3.44. The molecule has 0 amide bonds. The molecule has 70 valence electrons. The predicted molar refractivity (Wildman–Crippen MR) is 48.4 cm³/mol. The first kappa shape index (κ1) is 8.66. The van der Waals surface area contributed by atoms with E-state index in [1.54, 1.807) is 12.1 Å². The lowest BCUT2D eigenvalue weighted by Crippen LogP contribution is -2.16. The quantitative estimate of drug-likeness (QED) is 0.749. The molecule has 3 nitrogen and oxygen atoms in total. The molecule has 0 unspecified atom stereocenters. The van der Waals surface area contributed by atoms with Crippen molar-refractivity contribution in [2.24, 2.45) is 0 Å². The third kappa shape index (κ3) is 1.57. The number of benzene rings is 1. The van der Waals surface area contributed by atoms with Crippen molar-refractivity contribution in [1.82, 2.24) is 0 Å². The minimum atomic E-state index is -0.0910. The highest BCUT2D eigenvalue weighted by molar-refractivity contribution is 6.30. The fourth-order valence-corrected chi connectivity index (χ4v) is 1.54. The molecule has 0 fully saturated rings. The molecule has 0 atom stereocenters. The Morgan fingerprint density at radius 3 is 2.85 bits per heavy atom. The van der Waals surface area contributed by atoms with Gasteiger partial charge in [0.05, 0.1) is 6.61 Å². The van der Waals surface area contributed by atoms with Crippen LogP contribution in [0.15, 0.2) is 12.1 Å². The first-order valence-electron chi connectivity index (χ1n) is 4.00. The first-order valence-corrected chi connectivity index (χ1v) is 4.38. The zero-order chi connectivity index (χ0) is 9.26. The Balaban J connectivity index is 2.50. The van der Waals surface area contributed by atoms with Crippen molar-refractivity contribution in [2.75, 3.05) is 13.2 Å². The molecular weight excluding hydrogens is 192 g/mol. The summed E-state index contributed by atoms with van der Waals surface area (Å²) in [6.07, 6.45) is 0. The molecule has 0 spiro atoms. The molecule has 2 rings (SSSR count). The molecule has 1 aromatic rings. The maximum atomic E-state index is 9.02. The van der Waals surface area contributed by atoms with E-state index in [2.05, 4.69) is 0 Å². The predicted octanol–water partition coefficient (Wildman–Crippen LogP) is 1.60. The molecule has 1 aromatic carbocycles. The SMILES string of the molecule is OCc1cc(Cl)cc2c1OCCO2. The van der Waals surface area contributed by atoms with E-state index in [4.69, 9.17) is 26.2 Å². The fraction of sp³-hybridized carbons (Fsp3) is 0.333. The van der Waals surface area contributed by atoms with E-state index in [-0.39, 0.29) is 6.61 Å². The number of rotatable bonds is 1. The van der Waals surface area contributed by atoms with Gasteiger partial charge in [-0.25, -0.2) is 0 Å². The highest BCUT2D eigenvalue weighted by atomic mass is 35.5. The van der Waals surface area contributed by atoms with Crippen LogP contribution in [0.25, 0.3) is 0 Å². The van der Waals surface area contributed by atoms with Gasteiger partial charge in [0.2, 0.25) is 0 Å². The molecule has 0 aliphatic carbocycles. The third-order valence-electron chi connectivity index (χ3n) is 1.85. The number of halogens is 1. The van der Waals surface area contributed by atoms with E-state index in [1.807, 2.05) is 0 Å². The number of aliphatic hydroxyl groups is 1. The fourth-order valence-electron chi connectivity index (χ4n) is 1.31. The Kier molecular flexibility index (Phi) is 2.29. The number of aliphatic hydroxyl groups excluding tert-OH is 1. The Labute approximate surface area is 80.8 Å². The summed E-state index contributed by atoms with van der Waals surface area (Å²) in [5.74, 6) is 1.22. The van der Waals surface area contributed by atoms with Crippen LogP contribution in [0.1, 0.15) is 5.56 Å². The lowest BCUT2D eigenvalue weighted by molar-refractivity contribution is 0.165. The van der Waals surface area contributed by atoms with Gasteiger partial charge >= 0.3 is 0 Å². The topological polar surface area (TPSA) is 38.7 Å². The normalized spacial score (nSPS) is 14.3. The van der Waals surface area contributed by atoms with Crippen LogP contribution in [0.2, 0.25) is 5.02 Å². The molecule has 1 N–H and O–H groups in total. The van der Waals surface area contributed by atoms with E-state index in [0.29, 0.717) is 35.3 Å². The minimum absolute atomic E-state index is 0.0910. The maximum Gasteiger partial charge on any atom is 0.166 e. The van der Waals surface area contributed by atoms with Crippen molar-refractivity contribution in [2.45, 2.75) is 6.61 Å². The monoisotopic (exact) mass is 200 g/mol. The summed E-state index contributed by atoms with van der Waals surface area (Å²) < 4.78 is 10.7. The Morgan fingerprint density at radius 2 is 2.08 bits per heavy atom. The van der Waals surface area contributed by atoms with Crippen molar-refractivity contribution >= 4 is 11.6 Å². The number of hydrogen-bond donors (Lipinski definition) is 1. The van der Waals surface area contributed by atoms with Gasteiger partial charge in [0.25, 0.3) is 0 Å². The lowest BCUT2D eigenvalue weighted by Gasteiger charge is -2.20. The molecule has 1 heterocycles. The van der Waals surface area contributed by atoms with Crippen molar-refractivity contribution in [3.05, 3.63) is 22.7 Å². The van der Waals surface area contributed by atoms with Crippen molar-refractivity contribution in [3.8, 4) is 11.5 Å². The summed E-state index contributed by atoms with van der Waals surface area (Å²) in [6, 6.07) is 3.37. The Morgan fingerprint density at radius 1 is 1.31 bits per heavy atom. The number of ether oxygens (including phenoxy) is 2. The average Bonchev–Trinajstić information content (AvgIpc) is 2.16. The van der Waals surface area contributed by atoms with E-state index in [1.165, 1.54) is 0 Å². The van der Waals surface area contributed by atoms with E-state index < -0.39 is 0 Å². The van der Waals surface area contributed by atoms with Gasteiger partial charge in [-0.15, -0.1) is 0 Å². The molecule has 13 heavy (non-hydrogen) atoms. The molecule has 0 aromatic heterocycles. The van der Waals surface area contributed by atoms with Gasteiger partial charge in [0.1, 0.15) is 13.2 Å². The molecule has 0 saturated heterocycles. The van der Waals surface area contributed by atoms with Crippen molar-refractivity contribution in [1.29, 1.82) is 0 Å². The highest BCUT2D eigenvalue weighted by Crippen LogP contribution is 2.36. The first-order chi connectivity index (χ1) is 6.31. The van der Waals surface area contributed by atoms with Crippen LogP contribution in [-0.4, -0.2) is 18.3 Å². The summed E-state index contributed by atoms with van der Waals surface area (Å²) in [6.45, 7) is 0.950. The van der Waals surface area contributed by atoms with Crippen LogP contribution in [0.5, 0.6) is 11.5 Å².